The van der Waals surface area contributed by atoms with Gasteiger partial charge in [-0.25, -0.2) is 4.57 Å². The average molecular weight is 709 g/mol. The summed E-state index contributed by atoms with van der Waals surface area (Å²) in [5.41, 5.74) is 10.7. The quantitative estimate of drug-likeness (QED) is 0.143. The van der Waals surface area contributed by atoms with Gasteiger partial charge in [-0.3, -0.25) is 4.89 Å². The Labute approximate surface area is 308 Å². The Morgan fingerprint density at radius 3 is 1.15 bits per heavy atom. The fourth-order valence-electron chi connectivity index (χ4n) is 9.72. The molecule has 0 amide bonds. The van der Waals surface area contributed by atoms with E-state index in [1.807, 2.05) is 0 Å². The predicted molar refractivity (Wildman–Crippen MR) is 217 cm³/mol. The monoisotopic (exact) mass is 708 g/mol. The van der Waals surface area contributed by atoms with Gasteiger partial charge < -0.3 is 9.05 Å². The lowest BCUT2D eigenvalue weighted by Gasteiger charge is -2.28. The van der Waals surface area contributed by atoms with E-state index in [2.05, 4.69) is 121 Å². The van der Waals surface area contributed by atoms with E-state index in [1.54, 1.807) is 0 Å². The maximum absolute atomic E-state index is 14.6. The van der Waals surface area contributed by atoms with Crippen LogP contribution in [0.5, 0.6) is 11.5 Å². The number of aryl methyl sites for hydroxylation is 2. The van der Waals surface area contributed by atoms with Crippen molar-refractivity contribution >= 4 is 50.9 Å². The fraction of sp³-hybridized carbons (Fsp3) is 0.167. The van der Waals surface area contributed by atoms with Gasteiger partial charge in [-0.2, -0.15) is 0 Å². The molecule has 4 nitrogen and oxygen atoms in total. The van der Waals surface area contributed by atoms with E-state index < -0.39 is 7.82 Å². The van der Waals surface area contributed by atoms with Crippen molar-refractivity contribution in [1.82, 2.24) is 0 Å². The van der Waals surface area contributed by atoms with Crippen LogP contribution in [-0.2, 0) is 30.2 Å². The number of fused-ring (bicyclic) bond motifs is 11. The molecule has 1 heterocycles. The van der Waals surface area contributed by atoms with E-state index in [4.69, 9.17) is 9.05 Å². The highest BCUT2D eigenvalue weighted by Crippen LogP contribution is 2.63. The van der Waals surface area contributed by atoms with Crippen molar-refractivity contribution < 1.29 is 18.5 Å². The van der Waals surface area contributed by atoms with Gasteiger partial charge in [0.1, 0.15) is 11.5 Å². The molecule has 0 fully saturated rings. The summed E-state index contributed by atoms with van der Waals surface area (Å²) in [7, 11) is -4.70. The third kappa shape index (κ3) is 4.82. The molecule has 8 aromatic rings. The Morgan fingerprint density at radius 1 is 0.434 bits per heavy atom. The normalized spacial score (nSPS) is 15.9. The third-order valence-electron chi connectivity index (χ3n) is 11.9. The molecule has 53 heavy (non-hydrogen) atoms. The van der Waals surface area contributed by atoms with Crippen LogP contribution >= 0.6 is 7.82 Å². The van der Waals surface area contributed by atoms with E-state index in [0.717, 1.165) is 128 Å². The Bertz CT molecular complexity index is 2600. The number of hydrogen-bond acceptors (Lipinski definition) is 3. The Kier molecular flexibility index (Phi) is 6.93. The Balaban J connectivity index is 1.33. The molecule has 0 saturated carbocycles. The molecule has 0 aromatic heterocycles. The summed E-state index contributed by atoms with van der Waals surface area (Å²) in [6.45, 7) is 0. The summed E-state index contributed by atoms with van der Waals surface area (Å²) in [4.78, 5) is 12.0. The molecule has 0 atom stereocenters. The maximum Gasteiger partial charge on any atom is 0.584 e. The topological polar surface area (TPSA) is 55.8 Å². The van der Waals surface area contributed by atoms with Crippen molar-refractivity contribution in [3.05, 3.63) is 144 Å². The van der Waals surface area contributed by atoms with Crippen LogP contribution in [0, 0.1) is 0 Å². The van der Waals surface area contributed by atoms with Crippen LogP contribution in [0.1, 0.15) is 47.9 Å². The smallest absolute Gasteiger partial charge is 0.394 e. The number of phosphoric acid groups is 1. The molecule has 1 N–H and O–H groups in total. The highest BCUT2D eigenvalue weighted by Gasteiger charge is 2.40. The van der Waals surface area contributed by atoms with Crippen molar-refractivity contribution in [1.29, 1.82) is 0 Å². The lowest BCUT2D eigenvalue weighted by molar-refractivity contribution is 0.295. The highest BCUT2D eigenvalue weighted by atomic mass is 31.2. The molecule has 0 bridgehead atoms. The molecule has 2 aliphatic carbocycles. The predicted octanol–water partition coefficient (Wildman–Crippen LogP) is 12.9. The summed E-state index contributed by atoms with van der Waals surface area (Å²) in [6.07, 6.45) is 7.96. The Hall–Kier alpha value is -5.41. The lowest BCUT2D eigenvalue weighted by atomic mass is 9.76. The van der Waals surface area contributed by atoms with Crippen molar-refractivity contribution in [2.45, 2.75) is 51.4 Å². The molecule has 11 rings (SSSR count). The second-order valence-corrected chi connectivity index (χ2v) is 16.3. The first kappa shape index (κ1) is 31.1. The van der Waals surface area contributed by atoms with Crippen molar-refractivity contribution in [2.75, 3.05) is 0 Å². The van der Waals surface area contributed by atoms with Gasteiger partial charge in [0, 0.05) is 33.4 Å². The number of phosphoric ester groups is 1. The first-order valence-electron chi connectivity index (χ1n) is 18.9. The average Bonchev–Trinajstić information content (AvgIpc) is 3.32. The summed E-state index contributed by atoms with van der Waals surface area (Å²) in [5.74, 6) is 0.925. The largest absolute Gasteiger partial charge is 0.584 e. The standard InChI is InChI=1S/C48H37O4P/c49-53(50)51-47-41(43-35-19-7-1-13-29(35)25-30-14-2-8-20-36(30)43)27-33-17-5-11-23-39(33)45(47)46-40-24-12-6-18-34(40)28-42(48(46)52-53)44-37-21-9-3-15-31(37)26-32-16-4-10-22-38(32)44/h1-4,7-10,13-16,19-22,25-28H,5-6,11-12,17-18,23-24H2,(H,49,50). The van der Waals surface area contributed by atoms with Crippen LogP contribution in [0.4, 0.5) is 0 Å². The molecule has 8 aromatic carbocycles. The van der Waals surface area contributed by atoms with E-state index in [1.165, 1.54) is 22.3 Å². The summed E-state index contributed by atoms with van der Waals surface area (Å²) in [5, 5.41) is 8.82. The maximum atomic E-state index is 14.6. The molecule has 0 spiro atoms. The van der Waals surface area contributed by atoms with Crippen LogP contribution in [0.3, 0.4) is 0 Å². The van der Waals surface area contributed by atoms with Gasteiger partial charge in [-0.05, 0) is 141 Å². The van der Waals surface area contributed by atoms with Crippen LogP contribution < -0.4 is 9.05 Å². The minimum atomic E-state index is -4.70. The van der Waals surface area contributed by atoms with Crippen molar-refractivity contribution in [3.63, 3.8) is 0 Å². The zero-order valence-electron chi connectivity index (χ0n) is 29.3. The molecule has 5 heteroatoms. The van der Waals surface area contributed by atoms with E-state index in [0.29, 0.717) is 11.5 Å². The molecule has 0 radical (unpaired) electrons. The minimum absolute atomic E-state index is 0.462. The van der Waals surface area contributed by atoms with E-state index >= 15 is 0 Å². The van der Waals surface area contributed by atoms with Gasteiger partial charge in [-0.15, -0.1) is 0 Å². The second kappa shape index (κ2) is 11.8. The zero-order valence-corrected chi connectivity index (χ0v) is 30.2. The van der Waals surface area contributed by atoms with Gasteiger partial charge in [0.05, 0.1) is 0 Å². The van der Waals surface area contributed by atoms with Gasteiger partial charge in [0.25, 0.3) is 0 Å². The zero-order chi connectivity index (χ0) is 35.3. The molecular formula is C48H37O4P. The molecular weight excluding hydrogens is 671 g/mol. The molecule has 0 unspecified atom stereocenters. The van der Waals surface area contributed by atoms with Crippen LogP contribution in [-0.4, -0.2) is 4.89 Å². The molecule has 1 aliphatic heterocycles. The summed E-state index contributed by atoms with van der Waals surface area (Å²) >= 11 is 0. The van der Waals surface area contributed by atoms with Crippen LogP contribution in [0.2, 0.25) is 0 Å². The molecule has 3 aliphatic rings. The fourth-order valence-corrected chi connectivity index (χ4v) is 10.6. The summed E-state index contributed by atoms with van der Waals surface area (Å²) in [6, 6.07) is 42.8. The number of benzene rings is 8. The number of rotatable bonds is 2. The molecule has 0 saturated heterocycles. The first-order valence-corrected chi connectivity index (χ1v) is 20.4. The van der Waals surface area contributed by atoms with E-state index in [-0.39, 0.29) is 0 Å². The van der Waals surface area contributed by atoms with Gasteiger partial charge in [0.2, 0.25) is 0 Å². The SMILES string of the molecule is O=P1(O)Oc2c(-c3c4ccccc4cc4ccccc34)cc3c(c2-c2c4c(cc(-c5c6ccccc6cc6ccccc56)c2O1)CCCC4)CCCC3. The Morgan fingerprint density at radius 2 is 0.774 bits per heavy atom. The minimum Gasteiger partial charge on any atom is -0.394 e. The van der Waals surface area contributed by atoms with E-state index in [9.17, 15) is 9.46 Å². The van der Waals surface area contributed by atoms with Gasteiger partial charge >= 0.3 is 7.82 Å². The number of hydrogen-bond donors (Lipinski definition) is 1. The van der Waals surface area contributed by atoms with Crippen LogP contribution in [0.15, 0.2) is 121 Å². The van der Waals surface area contributed by atoms with Crippen LogP contribution in [0.25, 0.3) is 76.5 Å². The highest BCUT2D eigenvalue weighted by molar-refractivity contribution is 7.48. The molecule has 258 valence electrons. The lowest BCUT2D eigenvalue weighted by Crippen LogP contribution is -2.10. The second-order valence-electron chi connectivity index (χ2n) is 15.0. The summed E-state index contributed by atoms with van der Waals surface area (Å²) < 4.78 is 27.7. The van der Waals surface area contributed by atoms with Gasteiger partial charge in [-0.1, -0.05) is 97.1 Å². The third-order valence-corrected chi connectivity index (χ3v) is 12.8. The first-order chi connectivity index (χ1) is 26.0. The van der Waals surface area contributed by atoms with Crippen molar-refractivity contribution in [3.8, 4) is 44.9 Å². The van der Waals surface area contributed by atoms with Gasteiger partial charge in [0.15, 0.2) is 0 Å². The van der Waals surface area contributed by atoms with Crippen molar-refractivity contribution in [2.24, 2.45) is 0 Å².